The van der Waals surface area contributed by atoms with Crippen LogP contribution in [0.25, 0.3) is 11.4 Å². The van der Waals surface area contributed by atoms with Gasteiger partial charge in [-0.2, -0.15) is 19.7 Å². The molecule has 3 aromatic heterocycles. The van der Waals surface area contributed by atoms with Crippen LogP contribution in [-0.2, 0) is 4.74 Å². The zero-order valence-corrected chi connectivity index (χ0v) is 10.8. The molecule has 8 nitrogen and oxygen atoms in total. The Morgan fingerprint density at radius 1 is 1.32 bits per heavy atom. The molecule has 0 atom stereocenters. The summed E-state index contributed by atoms with van der Waals surface area (Å²) in [5, 5.41) is 11.3. The molecule has 1 aliphatic heterocycles. The molecule has 0 aliphatic carbocycles. The molecule has 0 amide bonds. The highest BCUT2D eigenvalue weighted by atomic mass is 32.1. The van der Waals surface area contributed by atoms with Gasteiger partial charge in [0.1, 0.15) is 12.1 Å². The van der Waals surface area contributed by atoms with Crippen LogP contribution in [-0.4, -0.2) is 55.5 Å². The van der Waals surface area contributed by atoms with Crippen molar-refractivity contribution in [2.75, 3.05) is 31.2 Å². The lowest BCUT2D eigenvalue weighted by molar-refractivity contribution is 0.122. The maximum absolute atomic E-state index is 5.38. The Kier molecular flexibility index (Phi) is 2.29. The van der Waals surface area contributed by atoms with E-state index in [0.717, 1.165) is 24.6 Å². The van der Waals surface area contributed by atoms with Crippen molar-refractivity contribution in [1.82, 2.24) is 29.2 Å². The number of H-pyrrole nitrogens is 1. The predicted octanol–water partition coefficient (Wildman–Crippen LogP) is 0.271. The molecule has 1 fully saturated rings. The molecular weight excluding hydrogens is 266 g/mol. The fourth-order valence-electron chi connectivity index (χ4n) is 2.34. The molecule has 0 unspecified atom stereocenters. The maximum atomic E-state index is 5.38. The summed E-state index contributed by atoms with van der Waals surface area (Å²) in [6.45, 7) is 3.09. The summed E-state index contributed by atoms with van der Waals surface area (Å²) >= 11 is 5.21. The van der Waals surface area contributed by atoms with Gasteiger partial charge in [-0.15, -0.1) is 0 Å². The van der Waals surface area contributed by atoms with E-state index in [1.165, 1.54) is 6.33 Å². The fraction of sp³-hybridized carbons (Fsp3) is 0.400. The second-order valence-electron chi connectivity index (χ2n) is 4.30. The standard InChI is InChI=1S/C10H11N7OS/c19-10-14-13-7-5-8(15-1-3-18-4-2-15)17-9(16(7)10)11-6-12-17/h5-6H,1-4H2,(H,14,19). The first-order valence-corrected chi connectivity index (χ1v) is 6.38. The minimum absolute atomic E-state index is 0.515. The van der Waals surface area contributed by atoms with Crippen molar-refractivity contribution >= 4 is 29.5 Å². The molecule has 9 heteroatoms. The number of morpholine rings is 1. The van der Waals surface area contributed by atoms with Crippen LogP contribution in [0.3, 0.4) is 0 Å². The third kappa shape index (κ3) is 1.55. The van der Waals surface area contributed by atoms with Gasteiger partial charge in [-0.25, -0.2) is 4.40 Å². The zero-order chi connectivity index (χ0) is 12.8. The minimum Gasteiger partial charge on any atom is -0.378 e. The number of nitrogens with one attached hydrogen (secondary N) is 1. The zero-order valence-electron chi connectivity index (χ0n) is 9.98. The van der Waals surface area contributed by atoms with Gasteiger partial charge >= 0.3 is 0 Å². The predicted molar refractivity (Wildman–Crippen MR) is 70.0 cm³/mol. The molecule has 1 saturated heterocycles. The van der Waals surface area contributed by atoms with Crippen LogP contribution < -0.4 is 4.90 Å². The van der Waals surface area contributed by atoms with Crippen molar-refractivity contribution in [3.05, 3.63) is 17.2 Å². The fourth-order valence-corrected chi connectivity index (χ4v) is 2.56. The normalized spacial score (nSPS) is 16.5. The van der Waals surface area contributed by atoms with Gasteiger partial charge in [0.05, 0.1) is 13.2 Å². The molecule has 98 valence electrons. The monoisotopic (exact) mass is 277 g/mol. The maximum Gasteiger partial charge on any atom is 0.242 e. The van der Waals surface area contributed by atoms with Crippen LogP contribution in [0.2, 0.25) is 0 Å². The van der Waals surface area contributed by atoms with Gasteiger partial charge in [0.2, 0.25) is 10.5 Å². The molecule has 4 rings (SSSR count). The van der Waals surface area contributed by atoms with Crippen molar-refractivity contribution in [1.29, 1.82) is 0 Å². The summed E-state index contributed by atoms with van der Waals surface area (Å²) in [6.07, 6.45) is 1.52. The molecule has 19 heavy (non-hydrogen) atoms. The van der Waals surface area contributed by atoms with Crippen LogP contribution in [0.4, 0.5) is 5.82 Å². The molecule has 0 spiro atoms. The first-order valence-electron chi connectivity index (χ1n) is 5.97. The Hall–Kier alpha value is -2.00. The largest absolute Gasteiger partial charge is 0.378 e. The number of fused-ring (bicyclic) bond motifs is 3. The molecule has 4 heterocycles. The van der Waals surface area contributed by atoms with Gasteiger partial charge in [-0.05, 0) is 12.2 Å². The van der Waals surface area contributed by atoms with E-state index in [1.54, 1.807) is 8.92 Å². The number of aromatic nitrogens is 6. The lowest BCUT2D eigenvalue weighted by Crippen LogP contribution is -2.37. The van der Waals surface area contributed by atoms with E-state index in [0.29, 0.717) is 23.8 Å². The van der Waals surface area contributed by atoms with Gasteiger partial charge in [-0.3, -0.25) is 5.10 Å². The third-order valence-electron chi connectivity index (χ3n) is 3.24. The quantitative estimate of drug-likeness (QED) is 0.644. The highest BCUT2D eigenvalue weighted by Gasteiger charge is 2.18. The Morgan fingerprint density at radius 2 is 2.16 bits per heavy atom. The van der Waals surface area contributed by atoms with E-state index < -0.39 is 0 Å². The average Bonchev–Trinajstić information content (AvgIpc) is 3.05. The lowest BCUT2D eigenvalue weighted by atomic mass is 10.4. The van der Waals surface area contributed by atoms with E-state index in [4.69, 9.17) is 17.0 Å². The summed E-state index contributed by atoms with van der Waals surface area (Å²) < 4.78 is 9.44. The first-order chi connectivity index (χ1) is 9.34. The lowest BCUT2D eigenvalue weighted by Gasteiger charge is -2.28. The number of nitrogens with zero attached hydrogens (tertiary/aromatic N) is 6. The number of hydrogen-bond acceptors (Lipinski definition) is 6. The van der Waals surface area contributed by atoms with Gasteiger partial charge in [0.15, 0.2) is 5.65 Å². The van der Waals surface area contributed by atoms with E-state index in [1.807, 2.05) is 6.07 Å². The number of aromatic amines is 1. The van der Waals surface area contributed by atoms with Gasteiger partial charge in [-0.1, -0.05) is 0 Å². The number of hydrogen-bond donors (Lipinski definition) is 1. The molecule has 1 N–H and O–H groups in total. The van der Waals surface area contributed by atoms with E-state index in [9.17, 15) is 0 Å². The van der Waals surface area contributed by atoms with Crippen LogP contribution in [0.1, 0.15) is 0 Å². The molecular formula is C10H11N7OS. The van der Waals surface area contributed by atoms with Crippen LogP contribution >= 0.6 is 12.2 Å². The number of ether oxygens (including phenoxy) is 1. The van der Waals surface area contributed by atoms with Crippen molar-refractivity contribution in [2.24, 2.45) is 0 Å². The smallest absolute Gasteiger partial charge is 0.242 e. The van der Waals surface area contributed by atoms with Gasteiger partial charge in [0.25, 0.3) is 0 Å². The molecule has 0 aromatic carbocycles. The van der Waals surface area contributed by atoms with Crippen LogP contribution in [0.5, 0.6) is 0 Å². The van der Waals surface area contributed by atoms with Crippen molar-refractivity contribution in [3.8, 4) is 0 Å². The van der Waals surface area contributed by atoms with E-state index in [2.05, 4.69) is 25.2 Å². The molecule has 0 radical (unpaired) electrons. The van der Waals surface area contributed by atoms with Crippen LogP contribution in [0.15, 0.2) is 12.4 Å². The topological polar surface area (TPSA) is 75.8 Å². The summed E-state index contributed by atoms with van der Waals surface area (Å²) in [7, 11) is 0. The first kappa shape index (κ1) is 10.9. The van der Waals surface area contributed by atoms with Crippen molar-refractivity contribution < 1.29 is 4.74 Å². The molecule has 0 saturated carbocycles. The van der Waals surface area contributed by atoms with Gasteiger partial charge in [0, 0.05) is 19.2 Å². The summed E-state index contributed by atoms with van der Waals surface area (Å²) in [4.78, 5) is 6.48. The van der Waals surface area contributed by atoms with Crippen LogP contribution in [0, 0.1) is 4.77 Å². The van der Waals surface area contributed by atoms with E-state index >= 15 is 0 Å². The number of anilines is 1. The summed E-state index contributed by atoms with van der Waals surface area (Å²) in [6, 6.07) is 1.96. The third-order valence-corrected chi connectivity index (χ3v) is 3.51. The van der Waals surface area contributed by atoms with Crippen molar-refractivity contribution in [2.45, 2.75) is 0 Å². The van der Waals surface area contributed by atoms with Gasteiger partial charge < -0.3 is 9.64 Å². The Labute approximate surface area is 112 Å². The highest BCUT2D eigenvalue weighted by Crippen LogP contribution is 2.19. The highest BCUT2D eigenvalue weighted by molar-refractivity contribution is 7.71. The second-order valence-corrected chi connectivity index (χ2v) is 4.68. The summed E-state index contributed by atoms with van der Waals surface area (Å²) in [5.41, 5.74) is 0.743. The molecule has 1 aliphatic rings. The van der Waals surface area contributed by atoms with Crippen molar-refractivity contribution in [3.63, 3.8) is 0 Å². The Balaban J connectivity index is 2.02. The molecule has 3 aromatic rings. The SMILES string of the molecule is S=c1[nH]nc2cc(N3CCOCC3)n3ncnc3n12. The Morgan fingerprint density at radius 3 is 3.00 bits per heavy atom. The molecule has 0 bridgehead atoms. The minimum atomic E-state index is 0.515. The average molecular weight is 277 g/mol. The van der Waals surface area contributed by atoms with E-state index in [-0.39, 0.29) is 0 Å². The summed E-state index contributed by atoms with van der Waals surface area (Å²) in [5.74, 6) is 1.62. The number of rotatable bonds is 1. The second kappa shape index (κ2) is 4.00. The Bertz CT molecular complexity index is 797.